The van der Waals surface area contributed by atoms with Crippen molar-refractivity contribution in [2.45, 2.75) is 39.7 Å². The molecule has 0 aliphatic carbocycles. The van der Waals surface area contributed by atoms with E-state index in [-0.39, 0.29) is 11.9 Å². The van der Waals surface area contributed by atoms with E-state index in [1.54, 1.807) is 0 Å². The molecule has 0 radical (unpaired) electrons. The molecule has 0 saturated carbocycles. The van der Waals surface area contributed by atoms with Crippen molar-refractivity contribution in [3.05, 3.63) is 106 Å². The summed E-state index contributed by atoms with van der Waals surface area (Å²) in [5.41, 5.74) is 7.17. The first-order valence-corrected chi connectivity index (χ1v) is 9.50. The zero-order valence-electron chi connectivity index (χ0n) is 16.3. The minimum absolute atomic E-state index is 0.0728. The number of carbonyl (C=O) groups excluding carboxylic acids is 1. The highest BCUT2D eigenvalue weighted by atomic mass is 16.1. The van der Waals surface area contributed by atoms with Gasteiger partial charge < -0.3 is 5.32 Å². The predicted molar refractivity (Wildman–Crippen MR) is 112 cm³/mol. The van der Waals surface area contributed by atoms with E-state index in [0.717, 1.165) is 17.5 Å². The molecule has 3 aromatic carbocycles. The van der Waals surface area contributed by atoms with Crippen LogP contribution < -0.4 is 5.32 Å². The molecule has 1 amide bonds. The molecule has 0 bridgehead atoms. The molecule has 1 N–H and O–H groups in total. The number of nitrogens with one attached hydrogen (secondary N) is 1. The van der Waals surface area contributed by atoms with Gasteiger partial charge >= 0.3 is 0 Å². The third-order valence-electron chi connectivity index (χ3n) is 5.03. The molecule has 1 atom stereocenters. The number of benzene rings is 3. The Morgan fingerprint density at radius 3 is 2.26 bits per heavy atom. The van der Waals surface area contributed by atoms with Crippen molar-refractivity contribution in [2.24, 2.45) is 0 Å². The second-order valence-corrected chi connectivity index (χ2v) is 7.24. The number of rotatable bonds is 6. The molecule has 138 valence electrons. The minimum atomic E-state index is -0.127. The second-order valence-electron chi connectivity index (χ2n) is 7.24. The quantitative estimate of drug-likeness (QED) is 0.624. The Morgan fingerprint density at radius 2 is 1.56 bits per heavy atom. The molecule has 0 spiro atoms. The van der Waals surface area contributed by atoms with Crippen LogP contribution in [-0.2, 0) is 11.2 Å². The van der Waals surface area contributed by atoms with E-state index in [4.69, 9.17) is 0 Å². The van der Waals surface area contributed by atoms with E-state index in [1.807, 2.05) is 24.3 Å². The molecular weight excluding hydrogens is 330 g/mol. The molecule has 0 aliphatic rings. The van der Waals surface area contributed by atoms with Crippen LogP contribution in [0.2, 0.25) is 0 Å². The molecule has 27 heavy (non-hydrogen) atoms. The van der Waals surface area contributed by atoms with Crippen molar-refractivity contribution >= 4 is 5.91 Å². The average Bonchev–Trinajstić information content (AvgIpc) is 2.67. The Kier molecular flexibility index (Phi) is 6.08. The first-order valence-electron chi connectivity index (χ1n) is 9.50. The van der Waals surface area contributed by atoms with Crippen LogP contribution in [0.15, 0.2) is 72.8 Å². The maximum Gasteiger partial charge on any atom is 0.221 e. The molecule has 3 aromatic rings. The summed E-state index contributed by atoms with van der Waals surface area (Å²) >= 11 is 0. The maximum atomic E-state index is 12.7. The van der Waals surface area contributed by atoms with Crippen molar-refractivity contribution < 1.29 is 4.79 Å². The lowest BCUT2D eigenvalue weighted by Crippen LogP contribution is -2.29. The summed E-state index contributed by atoms with van der Waals surface area (Å²) in [6.45, 7) is 6.30. The van der Waals surface area contributed by atoms with Crippen LogP contribution in [-0.4, -0.2) is 5.91 Å². The second kappa shape index (κ2) is 8.68. The van der Waals surface area contributed by atoms with Gasteiger partial charge in [-0.15, -0.1) is 0 Å². The van der Waals surface area contributed by atoms with Crippen molar-refractivity contribution in [3.8, 4) is 0 Å². The van der Waals surface area contributed by atoms with Gasteiger partial charge in [0.1, 0.15) is 0 Å². The van der Waals surface area contributed by atoms with Gasteiger partial charge in [-0.25, -0.2) is 0 Å². The van der Waals surface area contributed by atoms with Crippen LogP contribution in [0.4, 0.5) is 0 Å². The Bertz CT molecular complexity index is 915. The topological polar surface area (TPSA) is 29.1 Å². The van der Waals surface area contributed by atoms with E-state index in [2.05, 4.69) is 74.6 Å². The summed E-state index contributed by atoms with van der Waals surface area (Å²) in [6, 6.07) is 24.8. The lowest BCUT2D eigenvalue weighted by molar-refractivity contribution is -0.121. The fourth-order valence-corrected chi connectivity index (χ4v) is 3.30. The highest BCUT2D eigenvalue weighted by Crippen LogP contribution is 2.23. The van der Waals surface area contributed by atoms with Gasteiger partial charge in [0, 0.05) is 6.42 Å². The largest absolute Gasteiger partial charge is 0.345 e. The monoisotopic (exact) mass is 357 g/mol. The fraction of sp³-hybridized carbons (Fsp3) is 0.240. The van der Waals surface area contributed by atoms with Crippen LogP contribution in [0, 0.1) is 20.8 Å². The summed E-state index contributed by atoms with van der Waals surface area (Å²) in [6.07, 6.45) is 1.24. The van der Waals surface area contributed by atoms with Gasteiger partial charge in [0.25, 0.3) is 0 Å². The molecule has 0 unspecified atom stereocenters. The Morgan fingerprint density at radius 1 is 0.815 bits per heavy atom. The number of carbonyl (C=O) groups is 1. The van der Waals surface area contributed by atoms with Gasteiger partial charge in [0.15, 0.2) is 0 Å². The van der Waals surface area contributed by atoms with Crippen LogP contribution in [0.5, 0.6) is 0 Å². The number of hydrogen-bond donors (Lipinski definition) is 1. The fourth-order valence-electron chi connectivity index (χ4n) is 3.30. The number of amides is 1. The molecule has 2 nitrogen and oxygen atoms in total. The zero-order valence-corrected chi connectivity index (χ0v) is 16.3. The van der Waals surface area contributed by atoms with E-state index in [9.17, 15) is 4.79 Å². The third-order valence-corrected chi connectivity index (χ3v) is 5.03. The van der Waals surface area contributed by atoms with Gasteiger partial charge in [0.05, 0.1) is 6.04 Å². The normalized spacial score (nSPS) is 11.8. The molecule has 0 fully saturated rings. The van der Waals surface area contributed by atoms with Gasteiger partial charge in [-0.1, -0.05) is 78.4 Å². The summed E-state index contributed by atoms with van der Waals surface area (Å²) in [5, 5.41) is 3.23. The first kappa shape index (κ1) is 18.9. The molecule has 0 heterocycles. The van der Waals surface area contributed by atoms with E-state index < -0.39 is 0 Å². The minimum Gasteiger partial charge on any atom is -0.345 e. The third kappa shape index (κ3) is 5.07. The van der Waals surface area contributed by atoms with Crippen molar-refractivity contribution in [2.75, 3.05) is 0 Å². The Labute approximate surface area is 162 Å². The van der Waals surface area contributed by atoms with Gasteiger partial charge in [-0.3, -0.25) is 4.79 Å². The smallest absolute Gasteiger partial charge is 0.221 e. The highest BCUT2D eigenvalue weighted by molar-refractivity contribution is 5.77. The molecule has 3 rings (SSSR count). The van der Waals surface area contributed by atoms with Crippen LogP contribution in [0.25, 0.3) is 0 Å². The average molecular weight is 357 g/mol. The van der Waals surface area contributed by atoms with Crippen LogP contribution >= 0.6 is 0 Å². The van der Waals surface area contributed by atoms with Crippen LogP contribution in [0.1, 0.15) is 45.8 Å². The lowest BCUT2D eigenvalue weighted by atomic mass is 9.97. The summed E-state index contributed by atoms with van der Waals surface area (Å²) in [7, 11) is 0. The maximum absolute atomic E-state index is 12.7. The van der Waals surface area contributed by atoms with E-state index in [1.165, 1.54) is 22.3 Å². The highest BCUT2D eigenvalue weighted by Gasteiger charge is 2.16. The zero-order chi connectivity index (χ0) is 19.2. The molecule has 0 aromatic heterocycles. The number of aryl methyl sites for hydroxylation is 4. The Balaban J connectivity index is 1.73. The first-order chi connectivity index (χ1) is 13.0. The Hall–Kier alpha value is -2.87. The lowest BCUT2D eigenvalue weighted by Gasteiger charge is -2.20. The van der Waals surface area contributed by atoms with Gasteiger partial charge in [0.2, 0.25) is 5.91 Å². The number of hydrogen-bond acceptors (Lipinski definition) is 1. The van der Waals surface area contributed by atoms with Crippen molar-refractivity contribution in [1.29, 1.82) is 0 Å². The van der Waals surface area contributed by atoms with Crippen LogP contribution in [0.3, 0.4) is 0 Å². The summed E-state index contributed by atoms with van der Waals surface area (Å²) in [4.78, 5) is 12.7. The predicted octanol–water partition coefficient (Wildman–Crippen LogP) is 5.45. The van der Waals surface area contributed by atoms with Crippen molar-refractivity contribution in [3.63, 3.8) is 0 Å². The molecule has 0 aliphatic heterocycles. The molecule has 0 saturated heterocycles. The van der Waals surface area contributed by atoms with Crippen molar-refractivity contribution in [1.82, 2.24) is 5.32 Å². The SMILES string of the molecule is Cc1cccc([C@H](NC(=O)CCc2ccc(C)c(C)c2)c2ccccc2)c1. The molecule has 2 heteroatoms. The molecular formula is C25H27NO. The van der Waals surface area contributed by atoms with Gasteiger partial charge in [-0.2, -0.15) is 0 Å². The van der Waals surface area contributed by atoms with E-state index in [0.29, 0.717) is 6.42 Å². The summed E-state index contributed by atoms with van der Waals surface area (Å²) in [5.74, 6) is 0.0728. The van der Waals surface area contributed by atoms with E-state index >= 15 is 0 Å². The summed E-state index contributed by atoms with van der Waals surface area (Å²) < 4.78 is 0. The van der Waals surface area contributed by atoms with Gasteiger partial charge in [-0.05, 0) is 55.0 Å². The standard InChI is InChI=1S/C25H27NO/c1-18-8-7-11-23(16-18)25(22-9-5-4-6-10-22)26-24(27)15-14-21-13-12-19(2)20(3)17-21/h4-13,16-17,25H,14-15H2,1-3H3,(H,26,27)/t25-/m1/s1.